The molecule has 0 aromatic rings. The lowest BCUT2D eigenvalue weighted by Crippen LogP contribution is -2.17. The maximum Gasteiger partial charge on any atom is 0.211 e. The van der Waals surface area contributed by atoms with Crippen molar-refractivity contribution in [2.24, 2.45) is 5.92 Å². The van der Waals surface area contributed by atoms with Crippen molar-refractivity contribution in [3.63, 3.8) is 0 Å². The third-order valence-corrected chi connectivity index (χ3v) is 4.28. The zero-order valence-electron chi connectivity index (χ0n) is 8.42. The van der Waals surface area contributed by atoms with Crippen LogP contribution in [0.1, 0.15) is 13.3 Å². The van der Waals surface area contributed by atoms with E-state index >= 15 is 0 Å². The van der Waals surface area contributed by atoms with E-state index in [0.717, 1.165) is 6.42 Å². The summed E-state index contributed by atoms with van der Waals surface area (Å²) in [6.45, 7) is 1.97. The molecule has 0 aromatic carbocycles. The van der Waals surface area contributed by atoms with E-state index in [1.54, 1.807) is 4.31 Å². The summed E-state index contributed by atoms with van der Waals surface area (Å²) in [5, 5.41) is 0. The highest BCUT2D eigenvalue weighted by Gasteiger charge is 2.53. The number of hydrogen-bond donors (Lipinski definition) is 0. The van der Waals surface area contributed by atoms with Crippen molar-refractivity contribution < 1.29 is 8.42 Å². The zero-order chi connectivity index (χ0) is 10.3. The Morgan fingerprint density at radius 1 is 1.36 bits per heavy atom. The van der Waals surface area contributed by atoms with Gasteiger partial charge in [-0.05, 0) is 19.3 Å². The van der Waals surface area contributed by atoms with Crippen LogP contribution in [0.2, 0.25) is 0 Å². The maximum atomic E-state index is 11.3. The van der Waals surface area contributed by atoms with Crippen LogP contribution in [-0.2, 0) is 10.0 Å². The summed E-state index contributed by atoms with van der Waals surface area (Å²) in [4.78, 5) is 0. The third kappa shape index (κ3) is 1.64. The first-order valence-corrected chi connectivity index (χ1v) is 6.68. The summed E-state index contributed by atoms with van der Waals surface area (Å²) < 4.78 is 24.3. The molecular formula is C10H15NO2S. The van der Waals surface area contributed by atoms with E-state index in [4.69, 9.17) is 0 Å². The quantitative estimate of drug-likeness (QED) is 0.645. The normalized spacial score (nSPS) is 41.3. The van der Waals surface area contributed by atoms with Crippen LogP contribution in [0.4, 0.5) is 0 Å². The van der Waals surface area contributed by atoms with Gasteiger partial charge in [-0.15, -0.1) is 0 Å². The van der Waals surface area contributed by atoms with Gasteiger partial charge >= 0.3 is 0 Å². The van der Waals surface area contributed by atoms with Crippen LogP contribution in [0, 0.1) is 5.92 Å². The Balaban J connectivity index is 2.09. The van der Waals surface area contributed by atoms with Crippen LogP contribution in [-0.4, -0.2) is 31.1 Å². The fourth-order valence-corrected chi connectivity index (χ4v) is 3.72. The molecule has 3 nitrogen and oxygen atoms in total. The highest BCUT2D eigenvalue weighted by Crippen LogP contribution is 2.39. The number of rotatable bonds is 2. The Labute approximate surface area is 85.2 Å². The molecule has 2 rings (SSSR count). The van der Waals surface area contributed by atoms with Gasteiger partial charge in [-0.25, -0.2) is 8.42 Å². The Hall–Kier alpha value is -0.610. The molecule has 0 amide bonds. The van der Waals surface area contributed by atoms with Crippen LogP contribution in [0.15, 0.2) is 24.3 Å². The van der Waals surface area contributed by atoms with Crippen molar-refractivity contribution in [2.75, 3.05) is 6.26 Å². The Morgan fingerprint density at radius 2 is 2.07 bits per heavy atom. The standard InChI is InChI=1S/C10H15NO2S/c1-8-10(11(8)14(2,12)13)9-6-4-3-5-7-9/h3-6,8-10H,7H2,1-2H3/t8-,9?,10+,11?/m1/s1. The highest BCUT2D eigenvalue weighted by atomic mass is 32.2. The van der Waals surface area contributed by atoms with Gasteiger partial charge in [0.15, 0.2) is 0 Å². The molecule has 1 aliphatic carbocycles. The Kier molecular flexibility index (Phi) is 2.27. The minimum atomic E-state index is -3.00. The lowest BCUT2D eigenvalue weighted by atomic mass is 9.96. The van der Waals surface area contributed by atoms with Crippen molar-refractivity contribution >= 4 is 10.0 Å². The molecule has 1 heterocycles. The van der Waals surface area contributed by atoms with Gasteiger partial charge in [0.2, 0.25) is 10.0 Å². The molecule has 4 heteroatoms. The molecule has 0 spiro atoms. The van der Waals surface area contributed by atoms with Crippen molar-refractivity contribution in [3.8, 4) is 0 Å². The SMILES string of the molecule is C[C@@H]1[C@@H](C2C=CC=CC2)N1S(C)(=O)=O. The van der Waals surface area contributed by atoms with Gasteiger partial charge < -0.3 is 0 Å². The molecule has 0 aromatic heterocycles. The van der Waals surface area contributed by atoms with Crippen molar-refractivity contribution in [1.82, 2.24) is 4.31 Å². The van der Waals surface area contributed by atoms with E-state index in [0.29, 0.717) is 5.92 Å². The first-order chi connectivity index (χ1) is 6.52. The van der Waals surface area contributed by atoms with Gasteiger partial charge in [0.1, 0.15) is 0 Å². The van der Waals surface area contributed by atoms with E-state index in [2.05, 4.69) is 12.2 Å². The van der Waals surface area contributed by atoms with E-state index in [9.17, 15) is 8.42 Å². The van der Waals surface area contributed by atoms with Gasteiger partial charge in [-0.1, -0.05) is 24.3 Å². The summed E-state index contributed by atoms with van der Waals surface area (Å²) in [5.41, 5.74) is 0. The van der Waals surface area contributed by atoms with Crippen molar-refractivity contribution in [3.05, 3.63) is 24.3 Å². The minimum absolute atomic E-state index is 0.172. The second-order valence-corrected chi connectivity index (χ2v) is 5.92. The zero-order valence-corrected chi connectivity index (χ0v) is 9.24. The Bertz CT molecular complexity index is 383. The van der Waals surface area contributed by atoms with E-state index < -0.39 is 10.0 Å². The number of nitrogens with zero attached hydrogens (tertiary/aromatic N) is 1. The summed E-state index contributed by atoms with van der Waals surface area (Å²) in [6.07, 6.45) is 10.4. The summed E-state index contributed by atoms with van der Waals surface area (Å²) in [5.74, 6) is 0.365. The monoisotopic (exact) mass is 213 g/mol. The van der Waals surface area contributed by atoms with Crippen LogP contribution in [0.25, 0.3) is 0 Å². The first kappa shape index (κ1) is 9.93. The van der Waals surface area contributed by atoms with Crippen LogP contribution in [0.5, 0.6) is 0 Å². The number of sulfonamides is 1. The molecule has 1 aliphatic heterocycles. The molecule has 2 aliphatic rings. The molecule has 4 atom stereocenters. The Morgan fingerprint density at radius 3 is 2.50 bits per heavy atom. The lowest BCUT2D eigenvalue weighted by molar-refractivity contribution is 0.526. The predicted octanol–water partition coefficient (Wildman–Crippen LogP) is 1.15. The lowest BCUT2D eigenvalue weighted by Gasteiger charge is -2.11. The molecule has 1 saturated heterocycles. The van der Waals surface area contributed by atoms with Gasteiger partial charge in [-0.3, -0.25) is 0 Å². The minimum Gasteiger partial charge on any atom is -0.212 e. The van der Waals surface area contributed by atoms with Crippen LogP contribution >= 0.6 is 0 Å². The molecule has 78 valence electrons. The maximum absolute atomic E-state index is 11.3. The average Bonchev–Trinajstić information content (AvgIpc) is 2.78. The van der Waals surface area contributed by atoms with Gasteiger partial charge in [0.05, 0.1) is 6.26 Å². The van der Waals surface area contributed by atoms with Gasteiger partial charge in [0.25, 0.3) is 0 Å². The van der Waals surface area contributed by atoms with Crippen molar-refractivity contribution in [2.45, 2.75) is 25.4 Å². The molecule has 0 N–H and O–H groups in total. The molecule has 0 saturated carbocycles. The van der Waals surface area contributed by atoms with Crippen LogP contribution < -0.4 is 0 Å². The molecular weight excluding hydrogens is 198 g/mol. The van der Waals surface area contributed by atoms with Gasteiger partial charge in [-0.2, -0.15) is 4.31 Å². The van der Waals surface area contributed by atoms with E-state index in [1.807, 2.05) is 19.1 Å². The molecule has 14 heavy (non-hydrogen) atoms. The predicted molar refractivity (Wildman–Crippen MR) is 56.3 cm³/mol. The molecule has 2 unspecified atom stereocenters. The molecule has 0 bridgehead atoms. The fraction of sp³-hybridized carbons (Fsp3) is 0.600. The highest BCUT2D eigenvalue weighted by molar-refractivity contribution is 7.88. The summed E-state index contributed by atoms with van der Waals surface area (Å²) >= 11 is 0. The van der Waals surface area contributed by atoms with E-state index in [1.165, 1.54) is 6.26 Å². The largest absolute Gasteiger partial charge is 0.212 e. The molecule has 0 radical (unpaired) electrons. The molecule has 1 fully saturated rings. The number of hydrogen-bond acceptors (Lipinski definition) is 2. The topological polar surface area (TPSA) is 37.1 Å². The summed E-state index contributed by atoms with van der Waals surface area (Å²) in [6, 6.07) is 0.359. The van der Waals surface area contributed by atoms with Crippen molar-refractivity contribution in [1.29, 1.82) is 0 Å². The average molecular weight is 213 g/mol. The second-order valence-electron chi connectivity index (χ2n) is 4.04. The second kappa shape index (κ2) is 3.21. The van der Waals surface area contributed by atoms with Gasteiger partial charge in [0, 0.05) is 12.1 Å². The third-order valence-electron chi connectivity index (χ3n) is 2.94. The van der Waals surface area contributed by atoms with Crippen LogP contribution in [0.3, 0.4) is 0 Å². The fourth-order valence-electron chi connectivity index (χ4n) is 2.27. The first-order valence-electron chi connectivity index (χ1n) is 4.83. The smallest absolute Gasteiger partial charge is 0.211 e. The summed E-state index contributed by atoms with van der Waals surface area (Å²) in [7, 11) is -3.00. The van der Waals surface area contributed by atoms with E-state index in [-0.39, 0.29) is 12.1 Å². The number of allylic oxidation sites excluding steroid dienone is 3.